The van der Waals surface area contributed by atoms with Crippen LogP contribution in [0.15, 0.2) is 24.3 Å². The molecule has 0 amide bonds. The summed E-state index contributed by atoms with van der Waals surface area (Å²) in [6, 6.07) is 7.35. The first-order valence-corrected chi connectivity index (χ1v) is 16.6. The molecule has 0 saturated heterocycles. The molecule has 230 valence electrons. The van der Waals surface area contributed by atoms with E-state index in [2.05, 4.69) is 20.8 Å². The van der Waals surface area contributed by atoms with Crippen molar-refractivity contribution in [1.82, 2.24) is 0 Å². The highest BCUT2D eigenvalue weighted by Crippen LogP contribution is 2.21. The second kappa shape index (κ2) is 24.7. The highest BCUT2D eigenvalue weighted by Gasteiger charge is 2.18. The van der Waals surface area contributed by atoms with E-state index in [9.17, 15) is 9.59 Å². The summed E-state index contributed by atoms with van der Waals surface area (Å²) >= 11 is 0. The lowest BCUT2D eigenvalue weighted by atomic mass is 9.95. The number of carbonyl (C=O) groups is 2. The minimum absolute atomic E-state index is 0.131. The number of unbranched alkanes of at least 4 members (excludes halogenated alkanes) is 11. The maximum absolute atomic E-state index is 12.6. The van der Waals surface area contributed by atoms with Gasteiger partial charge in [0.2, 0.25) is 0 Å². The summed E-state index contributed by atoms with van der Waals surface area (Å²) in [6.45, 7) is 9.20. The monoisotopic (exact) mass is 560 g/mol. The molecule has 0 aliphatic carbocycles. The van der Waals surface area contributed by atoms with Gasteiger partial charge in [-0.3, -0.25) is 4.79 Å². The number of ether oxygens (including phenoxy) is 3. The Hall–Kier alpha value is -2.04. The smallest absolute Gasteiger partial charge is 0.465 e. The second-order valence-corrected chi connectivity index (χ2v) is 11.6. The zero-order valence-corrected chi connectivity index (χ0v) is 26.4. The maximum Gasteiger partial charge on any atom is 0.514 e. The third-order valence-corrected chi connectivity index (χ3v) is 7.68. The summed E-state index contributed by atoms with van der Waals surface area (Å²) in [5.41, 5.74) is 1.10. The topological polar surface area (TPSA) is 61.8 Å². The Morgan fingerprint density at radius 2 is 1.15 bits per heavy atom. The fraction of sp³-hybridized carbons (Fsp3) is 0.771. The van der Waals surface area contributed by atoms with Crippen LogP contribution in [0.5, 0.6) is 5.75 Å². The molecule has 0 aliphatic rings. The average Bonchev–Trinajstić information content (AvgIpc) is 2.94. The van der Waals surface area contributed by atoms with Crippen LogP contribution in [0.3, 0.4) is 0 Å². The van der Waals surface area contributed by atoms with E-state index in [-0.39, 0.29) is 12.1 Å². The summed E-state index contributed by atoms with van der Waals surface area (Å²) in [7, 11) is 0. The zero-order valence-electron chi connectivity index (χ0n) is 26.4. The molecule has 0 aliphatic heterocycles. The van der Waals surface area contributed by atoms with E-state index in [0.29, 0.717) is 37.5 Å². The second-order valence-electron chi connectivity index (χ2n) is 11.6. The van der Waals surface area contributed by atoms with Gasteiger partial charge in [-0.1, -0.05) is 122 Å². The Morgan fingerprint density at radius 3 is 1.75 bits per heavy atom. The largest absolute Gasteiger partial charge is 0.514 e. The normalized spacial score (nSPS) is 12.6. The van der Waals surface area contributed by atoms with Crippen molar-refractivity contribution in [3.63, 3.8) is 0 Å². The van der Waals surface area contributed by atoms with Gasteiger partial charge in [-0.05, 0) is 63.5 Å². The average molecular weight is 561 g/mol. The lowest BCUT2D eigenvalue weighted by Gasteiger charge is -2.19. The quantitative estimate of drug-likeness (QED) is 0.0676. The van der Waals surface area contributed by atoms with Crippen molar-refractivity contribution in [3.8, 4) is 5.75 Å². The zero-order chi connectivity index (χ0) is 29.3. The Kier molecular flexibility index (Phi) is 22.3. The van der Waals surface area contributed by atoms with Gasteiger partial charge < -0.3 is 14.2 Å². The third kappa shape index (κ3) is 19.9. The van der Waals surface area contributed by atoms with Gasteiger partial charge in [-0.25, -0.2) is 4.79 Å². The molecule has 1 rings (SSSR count). The molecule has 0 spiro atoms. The van der Waals surface area contributed by atoms with Crippen molar-refractivity contribution in [3.05, 3.63) is 29.8 Å². The van der Waals surface area contributed by atoms with Gasteiger partial charge in [0.25, 0.3) is 0 Å². The predicted molar refractivity (Wildman–Crippen MR) is 166 cm³/mol. The number of benzene rings is 1. The molecule has 0 heterocycles. The van der Waals surface area contributed by atoms with Crippen LogP contribution in [0.2, 0.25) is 0 Å². The molecule has 2 atom stereocenters. The number of hydrogen-bond acceptors (Lipinski definition) is 5. The number of hydrogen-bond donors (Lipinski definition) is 0. The molecule has 5 nitrogen and oxygen atoms in total. The summed E-state index contributed by atoms with van der Waals surface area (Å²) in [5, 5.41) is 0. The molecular formula is C35H60O5. The minimum atomic E-state index is -0.674. The Bertz CT molecular complexity index is 745. The standard InChI is InChI=1S/C35H60O5/c1-5-8-11-14-15-17-21-31(20-16-12-9-6-2)29-38-34(36)24-19-23-32(22-18-13-10-7-3)39-35(37)40-33-27-25-30(4)26-28-33/h25-28,31-32H,5-24,29H2,1-4H3. The van der Waals surface area contributed by atoms with Gasteiger partial charge in [0.1, 0.15) is 11.9 Å². The van der Waals surface area contributed by atoms with Gasteiger partial charge in [0, 0.05) is 6.42 Å². The van der Waals surface area contributed by atoms with E-state index in [4.69, 9.17) is 14.2 Å². The van der Waals surface area contributed by atoms with Crippen LogP contribution >= 0.6 is 0 Å². The Balaban J connectivity index is 2.46. The van der Waals surface area contributed by atoms with Gasteiger partial charge in [-0.15, -0.1) is 0 Å². The van der Waals surface area contributed by atoms with Crippen LogP contribution in [-0.2, 0) is 14.3 Å². The van der Waals surface area contributed by atoms with Crippen molar-refractivity contribution in [1.29, 1.82) is 0 Å². The lowest BCUT2D eigenvalue weighted by Crippen LogP contribution is -2.22. The Morgan fingerprint density at radius 1 is 0.650 bits per heavy atom. The highest BCUT2D eigenvalue weighted by molar-refractivity contribution is 5.69. The van der Waals surface area contributed by atoms with E-state index in [1.807, 2.05) is 19.1 Å². The van der Waals surface area contributed by atoms with Gasteiger partial charge in [0.05, 0.1) is 6.61 Å². The van der Waals surface area contributed by atoms with Crippen LogP contribution in [-0.4, -0.2) is 24.8 Å². The number of rotatable bonds is 25. The summed E-state index contributed by atoms with van der Waals surface area (Å²) in [6.07, 6.45) is 21.0. The molecule has 1 aromatic carbocycles. The molecule has 0 N–H and O–H groups in total. The van der Waals surface area contributed by atoms with Crippen molar-refractivity contribution in [2.24, 2.45) is 5.92 Å². The van der Waals surface area contributed by atoms with Crippen LogP contribution in [0.1, 0.15) is 155 Å². The van der Waals surface area contributed by atoms with Gasteiger partial charge >= 0.3 is 12.1 Å². The summed E-state index contributed by atoms with van der Waals surface area (Å²) in [5.74, 6) is 0.820. The lowest BCUT2D eigenvalue weighted by molar-refractivity contribution is -0.145. The molecule has 40 heavy (non-hydrogen) atoms. The summed E-state index contributed by atoms with van der Waals surface area (Å²) in [4.78, 5) is 25.0. The molecule has 0 aromatic heterocycles. The molecule has 5 heteroatoms. The number of carbonyl (C=O) groups excluding carboxylic acids is 2. The summed E-state index contributed by atoms with van der Waals surface area (Å²) < 4.78 is 16.8. The van der Waals surface area contributed by atoms with Crippen LogP contribution < -0.4 is 4.74 Å². The first-order valence-electron chi connectivity index (χ1n) is 16.6. The van der Waals surface area contributed by atoms with Crippen molar-refractivity contribution in [2.45, 2.75) is 162 Å². The first kappa shape index (κ1) is 36.0. The van der Waals surface area contributed by atoms with E-state index in [1.54, 1.807) is 12.1 Å². The molecule has 1 aromatic rings. The molecular weight excluding hydrogens is 500 g/mol. The minimum Gasteiger partial charge on any atom is -0.465 e. The van der Waals surface area contributed by atoms with E-state index in [1.165, 1.54) is 70.6 Å². The fourth-order valence-electron chi connectivity index (χ4n) is 5.06. The fourth-order valence-corrected chi connectivity index (χ4v) is 5.06. The van der Waals surface area contributed by atoms with E-state index in [0.717, 1.165) is 44.1 Å². The number of esters is 1. The van der Waals surface area contributed by atoms with Crippen molar-refractivity contribution < 1.29 is 23.8 Å². The SMILES string of the molecule is CCCCCCCCC(CCCCCC)COC(=O)CCCC(CCCCCC)OC(=O)Oc1ccc(C)cc1. The third-order valence-electron chi connectivity index (χ3n) is 7.68. The van der Waals surface area contributed by atoms with Crippen LogP contribution in [0.4, 0.5) is 4.79 Å². The molecule has 0 bridgehead atoms. The molecule has 0 fully saturated rings. The molecule has 2 unspecified atom stereocenters. The Labute approximate surface area is 246 Å². The van der Waals surface area contributed by atoms with Crippen molar-refractivity contribution in [2.75, 3.05) is 6.61 Å². The molecule has 0 saturated carbocycles. The van der Waals surface area contributed by atoms with Gasteiger partial charge in [-0.2, -0.15) is 0 Å². The predicted octanol–water partition coefficient (Wildman–Crippen LogP) is 10.9. The maximum atomic E-state index is 12.6. The first-order chi connectivity index (χ1) is 19.5. The van der Waals surface area contributed by atoms with Crippen molar-refractivity contribution >= 4 is 12.1 Å². The van der Waals surface area contributed by atoms with E-state index >= 15 is 0 Å². The van der Waals surface area contributed by atoms with Gasteiger partial charge in [0.15, 0.2) is 0 Å². The van der Waals surface area contributed by atoms with Crippen LogP contribution in [0.25, 0.3) is 0 Å². The number of aryl methyl sites for hydroxylation is 1. The highest BCUT2D eigenvalue weighted by atomic mass is 16.7. The molecule has 0 radical (unpaired) electrons. The van der Waals surface area contributed by atoms with E-state index < -0.39 is 6.16 Å². The van der Waals surface area contributed by atoms with Crippen LogP contribution in [0, 0.1) is 12.8 Å².